The number of nitrogens with one attached hydrogen (secondary N) is 1. The van der Waals surface area contributed by atoms with Crippen LogP contribution in [0.3, 0.4) is 0 Å². The van der Waals surface area contributed by atoms with E-state index in [9.17, 15) is 14.4 Å². The van der Waals surface area contributed by atoms with Crippen molar-refractivity contribution in [1.82, 2.24) is 9.80 Å². The number of carbonyl (C=O) groups is 3. The second-order valence-electron chi connectivity index (χ2n) is 7.93. The van der Waals surface area contributed by atoms with E-state index in [2.05, 4.69) is 10.3 Å². The molecular formula is C24H25ClN4O3S. The second kappa shape index (κ2) is 10.9. The molecule has 2 fully saturated rings. The normalized spacial score (nSPS) is 19.5. The number of benzene rings is 2. The van der Waals surface area contributed by atoms with E-state index in [-0.39, 0.29) is 24.1 Å². The first-order valence-corrected chi connectivity index (χ1v) is 12.2. The monoisotopic (exact) mass is 484 g/mol. The van der Waals surface area contributed by atoms with E-state index in [1.807, 2.05) is 35.2 Å². The maximum absolute atomic E-state index is 13.2. The van der Waals surface area contributed by atoms with Crippen LogP contribution in [0.25, 0.3) is 0 Å². The molecule has 0 saturated carbocycles. The van der Waals surface area contributed by atoms with Crippen molar-refractivity contribution in [3.05, 3.63) is 59.6 Å². The molecule has 2 saturated heterocycles. The van der Waals surface area contributed by atoms with Crippen LogP contribution < -0.4 is 5.32 Å². The molecule has 2 aliphatic rings. The van der Waals surface area contributed by atoms with Gasteiger partial charge in [0.25, 0.3) is 0 Å². The number of aliphatic imine (C=N–C) groups is 1. The molecule has 1 atom stereocenters. The zero-order valence-corrected chi connectivity index (χ0v) is 19.6. The van der Waals surface area contributed by atoms with Gasteiger partial charge >= 0.3 is 0 Å². The first-order valence-electron chi connectivity index (χ1n) is 10.9. The topological polar surface area (TPSA) is 82.1 Å². The van der Waals surface area contributed by atoms with E-state index < -0.39 is 5.25 Å². The summed E-state index contributed by atoms with van der Waals surface area (Å²) in [7, 11) is 0. The summed E-state index contributed by atoms with van der Waals surface area (Å²) in [6.45, 7) is 1.85. The van der Waals surface area contributed by atoms with Gasteiger partial charge in [0.1, 0.15) is 5.25 Å². The van der Waals surface area contributed by atoms with Crippen LogP contribution in [0, 0.1) is 0 Å². The fraction of sp³-hybridized carbons (Fsp3) is 0.333. The number of thioether (sulfide) groups is 1. The average molecular weight is 485 g/mol. The maximum Gasteiger partial charge on any atom is 0.242 e. The van der Waals surface area contributed by atoms with E-state index in [1.165, 1.54) is 11.8 Å². The summed E-state index contributed by atoms with van der Waals surface area (Å²) < 4.78 is 0. The summed E-state index contributed by atoms with van der Waals surface area (Å²) in [4.78, 5) is 45.8. The number of hydrogen-bond donors (Lipinski definition) is 1. The smallest absolute Gasteiger partial charge is 0.242 e. The lowest BCUT2D eigenvalue weighted by Gasteiger charge is -2.20. The minimum atomic E-state index is -0.555. The van der Waals surface area contributed by atoms with Crippen molar-refractivity contribution in [3.63, 3.8) is 0 Å². The van der Waals surface area contributed by atoms with Gasteiger partial charge in [0.15, 0.2) is 5.17 Å². The molecular weight excluding hydrogens is 460 g/mol. The number of amides is 3. The number of rotatable bonds is 8. The lowest BCUT2D eigenvalue weighted by molar-refractivity contribution is -0.128. The van der Waals surface area contributed by atoms with Gasteiger partial charge < -0.3 is 10.2 Å². The first-order chi connectivity index (χ1) is 16.0. The van der Waals surface area contributed by atoms with Crippen molar-refractivity contribution in [3.8, 4) is 0 Å². The fourth-order valence-corrected chi connectivity index (χ4v) is 5.22. The molecule has 0 bridgehead atoms. The summed E-state index contributed by atoms with van der Waals surface area (Å²) in [5.74, 6) is -0.221. The highest BCUT2D eigenvalue weighted by molar-refractivity contribution is 8.15. The van der Waals surface area contributed by atoms with Crippen LogP contribution in [0.5, 0.6) is 0 Å². The lowest BCUT2D eigenvalue weighted by Crippen LogP contribution is -2.36. The predicted molar refractivity (Wildman–Crippen MR) is 132 cm³/mol. The van der Waals surface area contributed by atoms with Gasteiger partial charge in [-0.3, -0.25) is 19.3 Å². The SMILES string of the molecule is O=C(C[C@@H]1SC(=Nc2ccccc2)N(CCCN2CCCC2=O)C1=O)Nc1cccc(Cl)c1. The van der Waals surface area contributed by atoms with E-state index >= 15 is 0 Å². The molecule has 0 aliphatic carbocycles. The van der Waals surface area contributed by atoms with Crippen LogP contribution >= 0.6 is 23.4 Å². The first kappa shape index (κ1) is 23.3. The number of halogens is 1. The van der Waals surface area contributed by atoms with Crippen LogP contribution in [0.1, 0.15) is 25.7 Å². The van der Waals surface area contributed by atoms with E-state index in [0.29, 0.717) is 41.8 Å². The van der Waals surface area contributed by atoms with Crippen molar-refractivity contribution >= 4 is 57.6 Å². The van der Waals surface area contributed by atoms with Gasteiger partial charge in [-0.05, 0) is 43.2 Å². The van der Waals surface area contributed by atoms with Crippen LogP contribution in [0.2, 0.25) is 5.02 Å². The average Bonchev–Trinajstić information content (AvgIpc) is 3.32. The third kappa shape index (κ3) is 6.15. The van der Waals surface area contributed by atoms with E-state index in [0.717, 1.165) is 18.7 Å². The number of nitrogens with zero attached hydrogens (tertiary/aromatic N) is 3. The Morgan fingerprint density at radius 1 is 1.12 bits per heavy atom. The molecule has 2 aromatic carbocycles. The minimum absolute atomic E-state index is 0.0327. The maximum atomic E-state index is 13.2. The predicted octanol–water partition coefficient (Wildman–Crippen LogP) is 4.31. The quantitative estimate of drug-likeness (QED) is 0.605. The summed E-state index contributed by atoms with van der Waals surface area (Å²) in [6, 6.07) is 16.3. The zero-order valence-electron chi connectivity index (χ0n) is 18.1. The second-order valence-corrected chi connectivity index (χ2v) is 9.53. The van der Waals surface area contributed by atoms with Crippen molar-refractivity contribution < 1.29 is 14.4 Å². The molecule has 33 heavy (non-hydrogen) atoms. The van der Waals surface area contributed by atoms with Crippen molar-refractivity contribution in [2.45, 2.75) is 30.9 Å². The molecule has 2 aliphatic heterocycles. The summed E-state index contributed by atoms with van der Waals surface area (Å²) in [5.41, 5.74) is 1.34. The molecule has 7 nitrogen and oxygen atoms in total. The molecule has 1 N–H and O–H groups in total. The Kier molecular flexibility index (Phi) is 7.67. The minimum Gasteiger partial charge on any atom is -0.343 e. The summed E-state index contributed by atoms with van der Waals surface area (Å²) in [6.07, 6.45) is 2.18. The van der Waals surface area contributed by atoms with E-state index in [1.54, 1.807) is 29.2 Å². The number of amidine groups is 1. The Hall–Kier alpha value is -2.84. The van der Waals surface area contributed by atoms with Gasteiger partial charge in [0.05, 0.1) is 5.69 Å². The van der Waals surface area contributed by atoms with Gasteiger partial charge in [-0.1, -0.05) is 47.6 Å². The Bertz CT molecular complexity index is 1060. The van der Waals surface area contributed by atoms with Crippen LogP contribution in [0.15, 0.2) is 59.6 Å². The van der Waals surface area contributed by atoms with Crippen LogP contribution in [-0.2, 0) is 14.4 Å². The van der Waals surface area contributed by atoms with Crippen molar-refractivity contribution in [1.29, 1.82) is 0 Å². The Morgan fingerprint density at radius 2 is 1.94 bits per heavy atom. The van der Waals surface area contributed by atoms with Gasteiger partial charge in [0.2, 0.25) is 17.7 Å². The highest BCUT2D eigenvalue weighted by atomic mass is 35.5. The Morgan fingerprint density at radius 3 is 2.67 bits per heavy atom. The third-order valence-electron chi connectivity index (χ3n) is 5.46. The lowest BCUT2D eigenvalue weighted by atomic mass is 10.2. The molecule has 0 radical (unpaired) electrons. The fourth-order valence-electron chi connectivity index (χ4n) is 3.85. The third-order valence-corrected chi connectivity index (χ3v) is 6.87. The standard InChI is InChI=1S/C24H25ClN4O3S/c25-17-7-4-10-19(15-17)26-21(30)16-20-23(32)29(14-6-13-28-12-5-11-22(28)31)24(33-20)27-18-8-2-1-3-9-18/h1-4,7-10,15,20H,5-6,11-14,16H2,(H,26,30)/t20-/m0/s1. The molecule has 9 heteroatoms. The van der Waals surface area contributed by atoms with Gasteiger partial charge in [-0.2, -0.15) is 0 Å². The molecule has 0 spiro atoms. The molecule has 2 heterocycles. The Balaban J connectivity index is 1.43. The number of carbonyl (C=O) groups excluding carboxylic acids is 3. The molecule has 4 rings (SSSR count). The van der Waals surface area contributed by atoms with Gasteiger partial charge in [0, 0.05) is 43.2 Å². The van der Waals surface area contributed by atoms with Crippen LogP contribution in [-0.4, -0.2) is 57.6 Å². The van der Waals surface area contributed by atoms with E-state index in [4.69, 9.17) is 11.6 Å². The van der Waals surface area contributed by atoms with Gasteiger partial charge in [-0.25, -0.2) is 4.99 Å². The highest BCUT2D eigenvalue weighted by Gasteiger charge is 2.39. The zero-order chi connectivity index (χ0) is 23.2. The largest absolute Gasteiger partial charge is 0.343 e. The number of likely N-dealkylation sites (tertiary alicyclic amines) is 1. The van der Waals surface area contributed by atoms with Crippen molar-refractivity contribution in [2.75, 3.05) is 25.0 Å². The molecule has 0 aromatic heterocycles. The van der Waals surface area contributed by atoms with Crippen molar-refractivity contribution in [2.24, 2.45) is 4.99 Å². The summed E-state index contributed by atoms with van der Waals surface area (Å²) >= 11 is 7.29. The van der Waals surface area contributed by atoms with Crippen LogP contribution in [0.4, 0.5) is 11.4 Å². The molecule has 3 amide bonds. The highest BCUT2D eigenvalue weighted by Crippen LogP contribution is 2.32. The Labute approximate surface area is 202 Å². The molecule has 172 valence electrons. The summed E-state index contributed by atoms with van der Waals surface area (Å²) in [5, 5.41) is 3.36. The van der Waals surface area contributed by atoms with Gasteiger partial charge in [-0.15, -0.1) is 0 Å². The number of hydrogen-bond acceptors (Lipinski definition) is 5. The molecule has 0 unspecified atom stereocenters. The number of anilines is 1. The molecule has 2 aromatic rings. The number of para-hydroxylation sites is 1.